The van der Waals surface area contributed by atoms with E-state index >= 15 is 0 Å². The van der Waals surface area contributed by atoms with Crippen LogP contribution in [0.5, 0.6) is 0 Å². The van der Waals surface area contributed by atoms with Gasteiger partial charge in [-0.2, -0.15) is 0 Å². The second-order valence-corrected chi connectivity index (χ2v) is 10.3. The fraction of sp³-hybridized carbons (Fsp3) is 0.577. The molecule has 35 heavy (non-hydrogen) atoms. The third-order valence-corrected chi connectivity index (χ3v) is 6.58. The van der Waals surface area contributed by atoms with Gasteiger partial charge in [0.1, 0.15) is 5.82 Å². The highest BCUT2D eigenvalue weighted by atomic mass is 16.5. The molecular weight excluding hydrogens is 444 g/mol. The number of aliphatic hydroxyl groups is 1. The van der Waals surface area contributed by atoms with E-state index < -0.39 is 0 Å². The minimum atomic E-state index is -0.222. The van der Waals surface area contributed by atoms with Crippen molar-refractivity contribution in [3.63, 3.8) is 0 Å². The van der Waals surface area contributed by atoms with Gasteiger partial charge in [-0.3, -0.25) is 4.90 Å². The first-order valence-corrected chi connectivity index (χ1v) is 12.5. The van der Waals surface area contributed by atoms with Gasteiger partial charge < -0.3 is 25.4 Å². The predicted molar refractivity (Wildman–Crippen MR) is 138 cm³/mol. The maximum atomic E-state index is 11.8. The molecule has 190 valence electrons. The maximum Gasteiger partial charge on any atom is 0.319 e. The third-order valence-electron chi connectivity index (χ3n) is 6.58. The van der Waals surface area contributed by atoms with Crippen molar-refractivity contribution < 1.29 is 14.6 Å². The standard InChI is InChI=1S/C26H38N6O3/c1-5-27-25(34)28-20-8-6-19(7-9-20)23-29-22-14-31(16-26(3,4)17-33)11-10-21(22)24(30-23)32-12-13-35-15-18(32)2/h6-9,18,33H,5,10-17H2,1-4H3,(H2,27,28,34)/t18-/m0/s1. The van der Waals surface area contributed by atoms with Crippen molar-refractivity contribution in [2.24, 2.45) is 5.41 Å². The van der Waals surface area contributed by atoms with Gasteiger partial charge in [0.15, 0.2) is 5.82 Å². The average molecular weight is 483 g/mol. The summed E-state index contributed by atoms with van der Waals surface area (Å²) in [4.78, 5) is 26.7. The number of nitrogens with one attached hydrogen (secondary N) is 2. The molecule has 4 rings (SSSR count). The molecule has 2 aliphatic heterocycles. The predicted octanol–water partition coefficient (Wildman–Crippen LogP) is 2.89. The Morgan fingerprint density at radius 2 is 2.00 bits per heavy atom. The number of amides is 2. The molecule has 0 radical (unpaired) electrons. The lowest BCUT2D eigenvalue weighted by atomic mass is 9.92. The zero-order chi connectivity index (χ0) is 25.0. The minimum absolute atomic E-state index is 0.151. The molecule has 0 spiro atoms. The Hall–Kier alpha value is -2.75. The molecule has 1 fully saturated rings. The fourth-order valence-corrected chi connectivity index (χ4v) is 4.70. The van der Waals surface area contributed by atoms with E-state index in [0.29, 0.717) is 25.6 Å². The first-order valence-electron chi connectivity index (χ1n) is 12.5. The van der Waals surface area contributed by atoms with E-state index in [1.54, 1.807) is 0 Å². The normalized spacial score (nSPS) is 18.8. The topological polar surface area (TPSA) is 103 Å². The average Bonchev–Trinajstić information content (AvgIpc) is 2.84. The van der Waals surface area contributed by atoms with Crippen molar-refractivity contribution in [2.75, 3.05) is 56.2 Å². The van der Waals surface area contributed by atoms with Crippen LogP contribution in [0.1, 0.15) is 39.0 Å². The minimum Gasteiger partial charge on any atom is -0.396 e. The van der Waals surface area contributed by atoms with E-state index in [1.807, 2.05) is 31.2 Å². The van der Waals surface area contributed by atoms with Crippen LogP contribution in [0.3, 0.4) is 0 Å². The van der Waals surface area contributed by atoms with E-state index in [9.17, 15) is 9.90 Å². The van der Waals surface area contributed by atoms with Gasteiger partial charge in [0.25, 0.3) is 0 Å². The highest BCUT2D eigenvalue weighted by molar-refractivity contribution is 5.89. The molecule has 0 unspecified atom stereocenters. The Kier molecular flexibility index (Phi) is 7.88. The quantitative estimate of drug-likeness (QED) is 0.558. The molecule has 0 saturated carbocycles. The summed E-state index contributed by atoms with van der Waals surface area (Å²) < 4.78 is 5.68. The van der Waals surface area contributed by atoms with Crippen LogP contribution in [0.15, 0.2) is 24.3 Å². The molecule has 3 N–H and O–H groups in total. The van der Waals surface area contributed by atoms with Gasteiger partial charge in [-0.25, -0.2) is 14.8 Å². The summed E-state index contributed by atoms with van der Waals surface area (Å²) in [6.45, 7) is 13.6. The molecule has 3 heterocycles. The summed E-state index contributed by atoms with van der Waals surface area (Å²) in [5.41, 5.74) is 3.73. The van der Waals surface area contributed by atoms with E-state index in [4.69, 9.17) is 14.7 Å². The van der Waals surface area contributed by atoms with Crippen molar-refractivity contribution in [1.82, 2.24) is 20.2 Å². The molecule has 0 aliphatic carbocycles. The van der Waals surface area contributed by atoms with Crippen LogP contribution in [0.4, 0.5) is 16.3 Å². The maximum absolute atomic E-state index is 11.8. The molecular formula is C26H38N6O3. The van der Waals surface area contributed by atoms with E-state index in [1.165, 1.54) is 5.56 Å². The molecule has 2 aromatic rings. The first kappa shape index (κ1) is 25.3. The molecule has 1 saturated heterocycles. The zero-order valence-electron chi connectivity index (χ0n) is 21.3. The van der Waals surface area contributed by atoms with Gasteiger partial charge in [0.05, 0.1) is 24.9 Å². The molecule has 2 aliphatic rings. The van der Waals surface area contributed by atoms with Gasteiger partial charge >= 0.3 is 6.03 Å². The fourth-order valence-electron chi connectivity index (χ4n) is 4.70. The molecule has 9 heteroatoms. The highest BCUT2D eigenvalue weighted by Gasteiger charge is 2.30. The van der Waals surface area contributed by atoms with Crippen molar-refractivity contribution in [2.45, 2.75) is 46.7 Å². The molecule has 1 aromatic heterocycles. The largest absolute Gasteiger partial charge is 0.396 e. The van der Waals surface area contributed by atoms with E-state index in [2.05, 4.69) is 41.2 Å². The van der Waals surface area contributed by atoms with Crippen LogP contribution >= 0.6 is 0 Å². The molecule has 1 aromatic carbocycles. The summed E-state index contributed by atoms with van der Waals surface area (Å²) in [5.74, 6) is 1.69. The number of urea groups is 1. The first-order chi connectivity index (χ1) is 16.8. The second-order valence-electron chi connectivity index (χ2n) is 10.3. The number of carbonyl (C=O) groups is 1. The van der Waals surface area contributed by atoms with Crippen LogP contribution in [-0.4, -0.2) is 78.0 Å². The van der Waals surface area contributed by atoms with Gasteiger partial charge in [0, 0.05) is 61.6 Å². The van der Waals surface area contributed by atoms with Gasteiger partial charge in [-0.15, -0.1) is 0 Å². The number of hydrogen-bond acceptors (Lipinski definition) is 7. The number of rotatable bonds is 7. The number of aliphatic hydroxyl groups excluding tert-OH is 1. The Labute approximate surface area is 207 Å². The highest BCUT2D eigenvalue weighted by Crippen LogP contribution is 2.32. The number of nitrogens with zero attached hydrogens (tertiary/aromatic N) is 4. The lowest BCUT2D eigenvalue weighted by Gasteiger charge is -2.39. The Bertz CT molecular complexity index is 1030. The summed E-state index contributed by atoms with van der Waals surface area (Å²) in [5, 5.41) is 15.3. The Morgan fingerprint density at radius 1 is 1.23 bits per heavy atom. The summed E-state index contributed by atoms with van der Waals surface area (Å²) in [7, 11) is 0. The van der Waals surface area contributed by atoms with Crippen LogP contribution < -0.4 is 15.5 Å². The van der Waals surface area contributed by atoms with Crippen molar-refractivity contribution in [3.8, 4) is 11.4 Å². The lowest BCUT2D eigenvalue weighted by molar-refractivity contribution is 0.0939. The molecule has 1 atom stereocenters. The van der Waals surface area contributed by atoms with E-state index in [0.717, 1.165) is 55.4 Å². The number of carbonyl (C=O) groups excluding carboxylic acids is 1. The zero-order valence-corrected chi connectivity index (χ0v) is 21.3. The number of aromatic nitrogens is 2. The third kappa shape index (κ3) is 6.09. The van der Waals surface area contributed by atoms with Crippen LogP contribution in [0, 0.1) is 5.41 Å². The number of fused-ring (bicyclic) bond motifs is 1. The number of benzene rings is 1. The Balaban J connectivity index is 1.66. The van der Waals surface area contributed by atoms with Crippen LogP contribution in [-0.2, 0) is 17.7 Å². The van der Waals surface area contributed by atoms with Gasteiger partial charge in [-0.1, -0.05) is 13.8 Å². The molecule has 2 amide bonds. The number of anilines is 2. The van der Waals surface area contributed by atoms with Crippen LogP contribution in [0.2, 0.25) is 0 Å². The summed E-state index contributed by atoms with van der Waals surface area (Å²) >= 11 is 0. The number of morpholine rings is 1. The molecule has 9 nitrogen and oxygen atoms in total. The van der Waals surface area contributed by atoms with Crippen molar-refractivity contribution in [3.05, 3.63) is 35.5 Å². The second kappa shape index (κ2) is 10.9. The number of ether oxygens (including phenoxy) is 1. The van der Waals surface area contributed by atoms with Crippen molar-refractivity contribution in [1.29, 1.82) is 0 Å². The SMILES string of the molecule is CCNC(=O)Nc1ccc(-c2nc3c(c(N4CCOC[C@@H]4C)n2)CCN(CC(C)(C)CO)C3)cc1. The number of hydrogen-bond donors (Lipinski definition) is 3. The van der Waals surface area contributed by atoms with Crippen molar-refractivity contribution >= 4 is 17.5 Å². The molecule has 0 bridgehead atoms. The van der Waals surface area contributed by atoms with E-state index in [-0.39, 0.29) is 24.1 Å². The Morgan fingerprint density at radius 3 is 2.69 bits per heavy atom. The summed E-state index contributed by atoms with van der Waals surface area (Å²) in [6, 6.07) is 7.67. The van der Waals surface area contributed by atoms with Crippen LogP contribution in [0.25, 0.3) is 11.4 Å². The van der Waals surface area contributed by atoms with Gasteiger partial charge in [0.2, 0.25) is 0 Å². The smallest absolute Gasteiger partial charge is 0.319 e. The summed E-state index contributed by atoms with van der Waals surface area (Å²) in [6.07, 6.45) is 0.881. The van der Waals surface area contributed by atoms with Gasteiger partial charge in [-0.05, 0) is 44.5 Å². The monoisotopic (exact) mass is 482 g/mol. The lowest BCUT2D eigenvalue weighted by Crippen LogP contribution is -2.46.